The lowest BCUT2D eigenvalue weighted by molar-refractivity contribution is -0.175. The summed E-state index contributed by atoms with van der Waals surface area (Å²) in [6.45, 7) is 0.314. The zero-order chi connectivity index (χ0) is 15.9. The van der Waals surface area contributed by atoms with Gasteiger partial charge in [0.05, 0.1) is 18.8 Å². The highest BCUT2D eigenvalue weighted by atomic mass is 19.4. The molecule has 8 heteroatoms. The van der Waals surface area contributed by atoms with Crippen LogP contribution >= 0.6 is 0 Å². The van der Waals surface area contributed by atoms with Crippen LogP contribution in [0.1, 0.15) is 17.3 Å². The van der Waals surface area contributed by atoms with E-state index >= 15 is 0 Å². The van der Waals surface area contributed by atoms with Crippen molar-refractivity contribution in [3.05, 3.63) is 23.8 Å². The van der Waals surface area contributed by atoms with Crippen LogP contribution in [0, 0.1) is 0 Å². The Morgan fingerprint density at radius 2 is 1.90 bits per heavy atom. The molecule has 0 spiro atoms. The second-order valence-corrected chi connectivity index (χ2v) is 3.92. The zero-order valence-corrected chi connectivity index (χ0v) is 11.3. The predicted molar refractivity (Wildman–Crippen MR) is 66.9 cm³/mol. The molecular formula is C13H15F3O5. The minimum Gasteiger partial charge on any atom is -0.490 e. The largest absolute Gasteiger partial charge is 0.490 e. The number of alkyl halides is 3. The van der Waals surface area contributed by atoms with E-state index in [4.69, 9.17) is 14.6 Å². The van der Waals surface area contributed by atoms with Gasteiger partial charge in [-0.25, -0.2) is 4.79 Å². The summed E-state index contributed by atoms with van der Waals surface area (Å²) in [5.41, 5.74) is 0.0270. The number of hydrogen-bond acceptors (Lipinski definition) is 4. The third-order valence-corrected chi connectivity index (χ3v) is 2.24. The molecule has 1 aromatic rings. The smallest absolute Gasteiger partial charge is 0.411 e. The number of halogens is 3. The standard InChI is InChI=1S/C13H15F3O5/c1-2-20-11-7-9(12(17)18)3-4-10(11)21-6-5-19-8-13(14,15)16/h3-4,7H,2,5-6,8H2,1H3,(H,17,18). The predicted octanol–water partition coefficient (Wildman–Crippen LogP) is 2.74. The third-order valence-electron chi connectivity index (χ3n) is 2.24. The molecule has 0 aromatic heterocycles. The van der Waals surface area contributed by atoms with Gasteiger partial charge in [-0.05, 0) is 25.1 Å². The maximum absolute atomic E-state index is 11.8. The average Bonchev–Trinajstić information content (AvgIpc) is 2.38. The molecule has 0 atom stereocenters. The lowest BCUT2D eigenvalue weighted by atomic mass is 10.2. The Kier molecular flexibility index (Phi) is 6.29. The van der Waals surface area contributed by atoms with Crippen molar-refractivity contribution in [2.75, 3.05) is 26.4 Å². The summed E-state index contributed by atoms with van der Waals surface area (Å²) in [6, 6.07) is 3.99. The first-order valence-corrected chi connectivity index (χ1v) is 6.11. The van der Waals surface area contributed by atoms with Crippen LogP contribution in [-0.2, 0) is 4.74 Å². The van der Waals surface area contributed by atoms with Crippen LogP contribution in [0.25, 0.3) is 0 Å². The molecule has 1 N–H and O–H groups in total. The van der Waals surface area contributed by atoms with Crippen molar-refractivity contribution >= 4 is 5.97 Å². The number of carbonyl (C=O) groups is 1. The fraction of sp³-hybridized carbons (Fsp3) is 0.462. The number of carboxylic acid groups (broad SMARTS) is 1. The summed E-state index contributed by atoms with van der Waals surface area (Å²) in [5.74, 6) is -0.651. The molecule has 0 fully saturated rings. The van der Waals surface area contributed by atoms with Gasteiger partial charge in [0.2, 0.25) is 0 Å². The van der Waals surface area contributed by atoms with Crippen molar-refractivity contribution < 1.29 is 37.3 Å². The van der Waals surface area contributed by atoms with E-state index in [0.717, 1.165) is 0 Å². The Bertz CT molecular complexity index is 473. The number of aromatic carboxylic acids is 1. The lowest BCUT2D eigenvalue weighted by Crippen LogP contribution is -2.19. The molecule has 0 aliphatic rings. The highest BCUT2D eigenvalue weighted by molar-refractivity contribution is 5.88. The van der Waals surface area contributed by atoms with E-state index < -0.39 is 18.8 Å². The monoisotopic (exact) mass is 308 g/mol. The van der Waals surface area contributed by atoms with Crippen molar-refractivity contribution in [1.82, 2.24) is 0 Å². The van der Waals surface area contributed by atoms with Gasteiger partial charge >= 0.3 is 12.1 Å². The Hall–Kier alpha value is -1.96. The Balaban J connectivity index is 2.55. The van der Waals surface area contributed by atoms with Crippen LogP contribution in [0.3, 0.4) is 0 Å². The lowest BCUT2D eigenvalue weighted by Gasteiger charge is -2.13. The summed E-state index contributed by atoms with van der Waals surface area (Å²) in [5, 5.41) is 8.87. The van der Waals surface area contributed by atoms with Crippen molar-refractivity contribution in [1.29, 1.82) is 0 Å². The third kappa shape index (κ3) is 6.35. The Morgan fingerprint density at radius 3 is 2.48 bits per heavy atom. The van der Waals surface area contributed by atoms with E-state index in [2.05, 4.69) is 4.74 Å². The first-order chi connectivity index (χ1) is 9.83. The summed E-state index contributed by atoms with van der Waals surface area (Å²) in [4.78, 5) is 10.8. The molecule has 0 amide bonds. The molecule has 0 aliphatic carbocycles. The highest BCUT2D eigenvalue weighted by Gasteiger charge is 2.27. The van der Waals surface area contributed by atoms with E-state index in [-0.39, 0.29) is 30.3 Å². The number of rotatable bonds is 8. The normalized spacial score (nSPS) is 11.2. The van der Waals surface area contributed by atoms with Crippen molar-refractivity contribution in [2.45, 2.75) is 13.1 Å². The fourth-order valence-corrected chi connectivity index (χ4v) is 1.43. The van der Waals surface area contributed by atoms with E-state index in [0.29, 0.717) is 6.61 Å². The molecule has 5 nitrogen and oxygen atoms in total. The van der Waals surface area contributed by atoms with Crippen LogP contribution in [0.4, 0.5) is 13.2 Å². The number of hydrogen-bond donors (Lipinski definition) is 1. The molecule has 0 aliphatic heterocycles. The molecule has 21 heavy (non-hydrogen) atoms. The van der Waals surface area contributed by atoms with Gasteiger partial charge in [-0.3, -0.25) is 0 Å². The molecule has 1 rings (SSSR count). The summed E-state index contributed by atoms with van der Waals surface area (Å²) >= 11 is 0. The van der Waals surface area contributed by atoms with E-state index in [1.165, 1.54) is 18.2 Å². The summed E-state index contributed by atoms with van der Waals surface area (Å²) < 4.78 is 50.4. The Morgan fingerprint density at radius 1 is 1.19 bits per heavy atom. The minimum atomic E-state index is -4.38. The van der Waals surface area contributed by atoms with Gasteiger partial charge in [-0.2, -0.15) is 13.2 Å². The average molecular weight is 308 g/mol. The maximum Gasteiger partial charge on any atom is 0.411 e. The van der Waals surface area contributed by atoms with Gasteiger partial charge in [0, 0.05) is 0 Å². The molecule has 0 heterocycles. The van der Waals surface area contributed by atoms with E-state index in [1.54, 1.807) is 6.92 Å². The van der Waals surface area contributed by atoms with Crippen LogP contribution in [-0.4, -0.2) is 43.7 Å². The molecule has 0 bridgehead atoms. The highest BCUT2D eigenvalue weighted by Crippen LogP contribution is 2.28. The van der Waals surface area contributed by atoms with Gasteiger partial charge in [-0.15, -0.1) is 0 Å². The van der Waals surface area contributed by atoms with Gasteiger partial charge in [0.15, 0.2) is 11.5 Å². The van der Waals surface area contributed by atoms with Crippen molar-refractivity contribution in [3.63, 3.8) is 0 Å². The zero-order valence-electron chi connectivity index (χ0n) is 11.3. The molecule has 0 saturated heterocycles. The summed E-state index contributed by atoms with van der Waals surface area (Å²) in [6.07, 6.45) is -4.38. The second kappa shape index (κ2) is 7.72. The SMILES string of the molecule is CCOc1cc(C(=O)O)ccc1OCCOCC(F)(F)F. The number of benzene rings is 1. The quantitative estimate of drug-likeness (QED) is 0.748. The number of ether oxygens (including phenoxy) is 3. The van der Waals surface area contributed by atoms with Crippen LogP contribution in [0.15, 0.2) is 18.2 Å². The second-order valence-electron chi connectivity index (χ2n) is 3.92. The van der Waals surface area contributed by atoms with Crippen LogP contribution in [0.2, 0.25) is 0 Å². The molecule has 1 aromatic carbocycles. The number of carboxylic acids is 1. The van der Waals surface area contributed by atoms with Gasteiger partial charge in [0.1, 0.15) is 13.2 Å². The molecular weight excluding hydrogens is 293 g/mol. The fourth-order valence-electron chi connectivity index (χ4n) is 1.43. The van der Waals surface area contributed by atoms with Crippen LogP contribution < -0.4 is 9.47 Å². The maximum atomic E-state index is 11.8. The van der Waals surface area contributed by atoms with E-state index in [1.807, 2.05) is 0 Å². The first-order valence-electron chi connectivity index (χ1n) is 6.11. The van der Waals surface area contributed by atoms with Gasteiger partial charge < -0.3 is 19.3 Å². The molecule has 0 radical (unpaired) electrons. The van der Waals surface area contributed by atoms with Crippen LogP contribution in [0.5, 0.6) is 11.5 Å². The first kappa shape index (κ1) is 17.1. The molecule has 118 valence electrons. The van der Waals surface area contributed by atoms with Gasteiger partial charge in [0.25, 0.3) is 0 Å². The topological polar surface area (TPSA) is 65.0 Å². The Labute approximate surface area is 119 Å². The summed E-state index contributed by atoms with van der Waals surface area (Å²) in [7, 11) is 0. The van der Waals surface area contributed by atoms with E-state index in [9.17, 15) is 18.0 Å². The van der Waals surface area contributed by atoms with Crippen molar-refractivity contribution in [2.24, 2.45) is 0 Å². The van der Waals surface area contributed by atoms with Crippen molar-refractivity contribution in [3.8, 4) is 11.5 Å². The molecule has 0 unspecified atom stereocenters. The molecule has 0 saturated carbocycles. The van der Waals surface area contributed by atoms with Gasteiger partial charge in [-0.1, -0.05) is 0 Å². The minimum absolute atomic E-state index is 0.0270.